The van der Waals surface area contributed by atoms with Crippen LogP contribution in [0, 0.1) is 17.0 Å². The number of aryl methyl sites for hydroxylation is 1. The van der Waals surface area contributed by atoms with Crippen molar-refractivity contribution >= 4 is 9.84 Å². The van der Waals surface area contributed by atoms with E-state index >= 15 is 0 Å². The van der Waals surface area contributed by atoms with E-state index in [0.29, 0.717) is 5.69 Å². The Bertz CT molecular complexity index is 1360. The van der Waals surface area contributed by atoms with Crippen LogP contribution in [0.5, 0.6) is 0 Å². The lowest BCUT2D eigenvalue weighted by Crippen LogP contribution is -2.38. The largest absolute Gasteiger partial charge is 0.261 e. The predicted molar refractivity (Wildman–Crippen MR) is 119 cm³/mol. The first-order valence-electron chi connectivity index (χ1n) is 10.9. The Morgan fingerprint density at radius 3 is 2.55 bits per heavy atom. The zero-order chi connectivity index (χ0) is 23.6. The third-order valence-corrected chi connectivity index (χ3v) is 8.40. The molecular weight excluding hydrogens is 446 g/mol. The van der Waals surface area contributed by atoms with Gasteiger partial charge in [0.2, 0.25) is 0 Å². The second-order valence-electron chi connectivity index (χ2n) is 9.62. The van der Waals surface area contributed by atoms with E-state index in [-0.39, 0.29) is 34.8 Å². The lowest BCUT2D eigenvalue weighted by atomic mass is 9.66. The van der Waals surface area contributed by atoms with Crippen molar-refractivity contribution in [3.05, 3.63) is 70.9 Å². The van der Waals surface area contributed by atoms with Gasteiger partial charge in [-0.05, 0) is 47.9 Å². The van der Waals surface area contributed by atoms with Gasteiger partial charge in [0.15, 0.2) is 0 Å². The van der Waals surface area contributed by atoms with Gasteiger partial charge in [0, 0.05) is 25.1 Å². The fraction of sp³-hybridized carbons (Fsp3) is 0.417. The third-order valence-electron chi connectivity index (χ3n) is 7.45. The van der Waals surface area contributed by atoms with Crippen LogP contribution in [0.1, 0.15) is 55.3 Å². The molecule has 9 heteroatoms. The number of nitrogens with zero attached hydrogens (tertiary/aromatic N) is 4. The van der Waals surface area contributed by atoms with Crippen molar-refractivity contribution in [2.24, 2.45) is 5.41 Å². The summed E-state index contributed by atoms with van der Waals surface area (Å²) in [6.45, 7) is 4.31. The summed E-state index contributed by atoms with van der Waals surface area (Å²) in [5, 5.41) is 8.74. The number of sulfone groups is 1. The Kier molecular flexibility index (Phi) is 4.90. The summed E-state index contributed by atoms with van der Waals surface area (Å²) in [6.07, 6.45) is 6.46. The molecule has 6 nitrogen and oxygen atoms in total. The molecule has 0 radical (unpaired) electrons. The SMILES string of the molecule is CC1(C)[C@H]2CC[C@]1(c1cncc(CCS(C)(=O)=O)n1)c1nnc(-c3c(F)cccc3F)cc12. The van der Waals surface area contributed by atoms with Crippen LogP contribution < -0.4 is 0 Å². The molecule has 1 saturated carbocycles. The van der Waals surface area contributed by atoms with Crippen molar-refractivity contribution in [3.63, 3.8) is 0 Å². The van der Waals surface area contributed by atoms with E-state index in [4.69, 9.17) is 4.98 Å². The van der Waals surface area contributed by atoms with Gasteiger partial charge < -0.3 is 0 Å². The summed E-state index contributed by atoms with van der Waals surface area (Å²) >= 11 is 0. The Morgan fingerprint density at radius 1 is 1.12 bits per heavy atom. The van der Waals surface area contributed by atoms with Crippen molar-refractivity contribution in [2.45, 2.75) is 44.4 Å². The molecule has 0 spiro atoms. The highest BCUT2D eigenvalue weighted by atomic mass is 32.2. The second-order valence-corrected chi connectivity index (χ2v) is 11.9. The number of aromatic nitrogens is 4. The first-order valence-corrected chi connectivity index (χ1v) is 12.9. The average Bonchev–Trinajstić information content (AvgIpc) is 3.13. The standard InChI is InChI=1S/C24H24F2N4O2S/c1-23(2)16-7-9-24(23,20-13-27-12-14(28-20)8-10-33(3,31)32)22-15(16)11-19(29-30-22)21-17(25)5-4-6-18(21)26/h4-6,11-13,16H,7-10H2,1-3H3/t16-,24-/m0/s1. The quantitative estimate of drug-likeness (QED) is 0.560. The van der Waals surface area contributed by atoms with Crippen LogP contribution >= 0.6 is 0 Å². The Labute approximate surface area is 191 Å². The zero-order valence-electron chi connectivity index (χ0n) is 18.6. The lowest BCUT2D eigenvalue weighted by Gasteiger charge is -2.37. The molecular formula is C24H24F2N4O2S. The molecule has 0 amide bonds. The van der Waals surface area contributed by atoms with Crippen molar-refractivity contribution in [1.82, 2.24) is 20.2 Å². The summed E-state index contributed by atoms with van der Waals surface area (Å²) in [6, 6.07) is 5.51. The van der Waals surface area contributed by atoms with Gasteiger partial charge in [-0.2, -0.15) is 5.10 Å². The number of halogens is 2. The maximum atomic E-state index is 14.4. The molecule has 0 unspecified atom stereocenters. The fourth-order valence-electron chi connectivity index (χ4n) is 5.78. The molecule has 33 heavy (non-hydrogen) atoms. The highest BCUT2D eigenvalue weighted by Gasteiger charge is 2.65. The minimum Gasteiger partial charge on any atom is -0.261 e. The molecule has 5 rings (SSSR count). The van der Waals surface area contributed by atoms with E-state index in [9.17, 15) is 17.2 Å². The molecule has 2 aromatic heterocycles. The van der Waals surface area contributed by atoms with Gasteiger partial charge in [-0.3, -0.25) is 9.97 Å². The van der Waals surface area contributed by atoms with Crippen molar-refractivity contribution in [1.29, 1.82) is 0 Å². The maximum Gasteiger partial charge on any atom is 0.147 e. The second kappa shape index (κ2) is 7.35. The number of fused-ring (bicyclic) bond motifs is 5. The average molecular weight is 471 g/mol. The first kappa shape index (κ1) is 22.0. The molecule has 0 N–H and O–H groups in total. The van der Waals surface area contributed by atoms with E-state index in [1.807, 2.05) is 0 Å². The van der Waals surface area contributed by atoms with Gasteiger partial charge in [0.05, 0.1) is 39.5 Å². The van der Waals surface area contributed by atoms with E-state index in [1.165, 1.54) is 24.5 Å². The lowest BCUT2D eigenvalue weighted by molar-refractivity contribution is 0.242. The molecule has 2 aliphatic rings. The summed E-state index contributed by atoms with van der Waals surface area (Å²) in [5.41, 5.74) is 2.21. The van der Waals surface area contributed by atoms with Crippen molar-refractivity contribution < 1.29 is 17.2 Å². The molecule has 2 heterocycles. The van der Waals surface area contributed by atoms with Gasteiger partial charge in [-0.1, -0.05) is 19.9 Å². The highest BCUT2D eigenvalue weighted by molar-refractivity contribution is 7.90. The Morgan fingerprint density at radius 2 is 1.85 bits per heavy atom. The van der Waals surface area contributed by atoms with Crippen LogP contribution in [0.25, 0.3) is 11.3 Å². The Hall–Kier alpha value is -2.81. The smallest absolute Gasteiger partial charge is 0.147 e. The molecule has 0 aliphatic heterocycles. The van der Waals surface area contributed by atoms with Crippen LogP contribution in [0.2, 0.25) is 0 Å². The fourth-order valence-corrected chi connectivity index (χ4v) is 6.36. The highest BCUT2D eigenvalue weighted by Crippen LogP contribution is 2.69. The molecule has 1 fully saturated rings. The van der Waals surface area contributed by atoms with Gasteiger partial charge in [0.1, 0.15) is 21.5 Å². The van der Waals surface area contributed by atoms with Crippen LogP contribution in [0.3, 0.4) is 0 Å². The Balaban J connectivity index is 1.63. The topological polar surface area (TPSA) is 85.7 Å². The van der Waals surface area contributed by atoms with Crippen LogP contribution in [-0.2, 0) is 21.7 Å². The molecule has 3 aromatic rings. The van der Waals surface area contributed by atoms with E-state index < -0.39 is 26.9 Å². The normalized spacial score (nSPS) is 23.0. The molecule has 1 aromatic carbocycles. The van der Waals surface area contributed by atoms with Gasteiger partial charge >= 0.3 is 0 Å². The number of rotatable bonds is 5. The van der Waals surface area contributed by atoms with E-state index in [1.54, 1.807) is 18.5 Å². The minimum atomic E-state index is -3.13. The summed E-state index contributed by atoms with van der Waals surface area (Å²) in [7, 11) is -3.13. The number of hydrogen-bond acceptors (Lipinski definition) is 6. The van der Waals surface area contributed by atoms with Gasteiger partial charge in [0.25, 0.3) is 0 Å². The molecule has 0 saturated heterocycles. The van der Waals surface area contributed by atoms with Crippen LogP contribution in [0.15, 0.2) is 36.7 Å². The maximum absolute atomic E-state index is 14.4. The summed E-state index contributed by atoms with van der Waals surface area (Å²) in [4.78, 5) is 9.18. The summed E-state index contributed by atoms with van der Waals surface area (Å²) < 4.78 is 52.0. The van der Waals surface area contributed by atoms with Crippen molar-refractivity contribution in [3.8, 4) is 11.3 Å². The number of hydrogen-bond donors (Lipinski definition) is 0. The third kappa shape index (κ3) is 3.27. The van der Waals surface area contributed by atoms with Crippen LogP contribution in [-0.4, -0.2) is 40.6 Å². The summed E-state index contributed by atoms with van der Waals surface area (Å²) in [5.74, 6) is -1.23. The molecule has 2 aliphatic carbocycles. The predicted octanol–water partition coefficient (Wildman–Crippen LogP) is 4.00. The molecule has 2 bridgehead atoms. The van der Waals surface area contributed by atoms with Crippen molar-refractivity contribution in [2.75, 3.05) is 12.0 Å². The molecule has 172 valence electrons. The van der Waals surface area contributed by atoms with E-state index in [2.05, 4.69) is 29.0 Å². The van der Waals surface area contributed by atoms with Crippen LogP contribution in [0.4, 0.5) is 8.78 Å². The number of benzene rings is 1. The van der Waals surface area contributed by atoms with Gasteiger partial charge in [-0.15, -0.1) is 5.10 Å². The first-order chi connectivity index (χ1) is 15.5. The van der Waals surface area contributed by atoms with Gasteiger partial charge in [-0.25, -0.2) is 17.2 Å². The molecule has 2 atom stereocenters. The van der Waals surface area contributed by atoms with E-state index in [0.717, 1.165) is 29.8 Å². The monoisotopic (exact) mass is 470 g/mol. The minimum absolute atomic E-state index is 0.00188. The zero-order valence-corrected chi connectivity index (χ0v) is 19.5.